The van der Waals surface area contributed by atoms with Crippen LogP contribution in [0.25, 0.3) is 0 Å². The molecule has 0 aromatic heterocycles. The minimum atomic E-state index is -1.14. The highest BCUT2D eigenvalue weighted by Crippen LogP contribution is 2.05. The van der Waals surface area contributed by atoms with E-state index in [1.165, 1.54) is 0 Å². The van der Waals surface area contributed by atoms with E-state index in [1.807, 2.05) is 30.3 Å². The van der Waals surface area contributed by atoms with E-state index in [2.05, 4.69) is 0 Å². The summed E-state index contributed by atoms with van der Waals surface area (Å²) < 4.78 is 0. The van der Waals surface area contributed by atoms with Crippen molar-refractivity contribution in [3.05, 3.63) is 35.9 Å². The van der Waals surface area contributed by atoms with Crippen molar-refractivity contribution in [2.75, 3.05) is 0 Å². The lowest BCUT2D eigenvalue weighted by atomic mass is 10.0. The Bertz CT molecular complexity index is 343. The van der Waals surface area contributed by atoms with Crippen LogP contribution in [0.1, 0.15) is 5.56 Å². The Balaban J connectivity index is 0.00000225. The highest BCUT2D eigenvalue weighted by Gasteiger charge is 2.21. The molecule has 1 aromatic rings. The molecule has 0 amide bonds. The molecule has 0 heterocycles. The van der Waals surface area contributed by atoms with E-state index in [0.29, 0.717) is 12.7 Å². The lowest BCUT2D eigenvalue weighted by molar-refractivity contribution is -0.122. The molecule has 16 heavy (non-hydrogen) atoms. The van der Waals surface area contributed by atoms with Gasteiger partial charge in [-0.2, -0.15) is 0 Å². The fourth-order valence-electron chi connectivity index (χ4n) is 1.24. The average molecular weight is 262 g/mol. The summed E-state index contributed by atoms with van der Waals surface area (Å²) in [4.78, 5) is 21.7. The van der Waals surface area contributed by atoms with Crippen LogP contribution in [0, 0.1) is 0 Å². The van der Waals surface area contributed by atoms with Gasteiger partial charge >= 0.3 is 0 Å². The van der Waals surface area contributed by atoms with Gasteiger partial charge in [0.25, 0.3) is 0 Å². The Morgan fingerprint density at radius 3 is 2.44 bits per heavy atom. The number of halogens is 2. The van der Waals surface area contributed by atoms with Crippen molar-refractivity contribution >= 4 is 36.1 Å². The molecular formula is C11H13Cl2NO2. The highest BCUT2D eigenvalue weighted by molar-refractivity contribution is 6.39. The van der Waals surface area contributed by atoms with E-state index in [-0.39, 0.29) is 12.4 Å². The first-order chi connectivity index (χ1) is 7.15. The Hall–Kier alpha value is -0.900. The van der Waals surface area contributed by atoms with Crippen LogP contribution in [0.15, 0.2) is 30.3 Å². The molecule has 0 aliphatic rings. The van der Waals surface area contributed by atoms with Crippen LogP contribution in [-0.4, -0.2) is 23.5 Å². The molecule has 1 rings (SSSR count). The van der Waals surface area contributed by atoms with Crippen molar-refractivity contribution in [1.29, 1.82) is 0 Å². The van der Waals surface area contributed by atoms with Gasteiger partial charge in [-0.1, -0.05) is 30.3 Å². The third-order valence-corrected chi connectivity index (χ3v) is 2.37. The van der Waals surface area contributed by atoms with Crippen LogP contribution in [0.4, 0.5) is 0 Å². The summed E-state index contributed by atoms with van der Waals surface area (Å²) in [6, 6.07) is 8.64. The van der Waals surface area contributed by atoms with Gasteiger partial charge in [0.15, 0.2) is 5.78 Å². The van der Waals surface area contributed by atoms with Crippen molar-refractivity contribution in [2.45, 2.75) is 17.8 Å². The van der Waals surface area contributed by atoms with E-state index < -0.39 is 17.2 Å². The van der Waals surface area contributed by atoms with Crippen LogP contribution < -0.4 is 5.73 Å². The second-order valence-corrected chi connectivity index (χ2v) is 3.71. The molecule has 2 unspecified atom stereocenters. The molecule has 0 bridgehead atoms. The molecular weight excluding hydrogens is 249 g/mol. The van der Waals surface area contributed by atoms with Crippen molar-refractivity contribution in [3.8, 4) is 0 Å². The smallest absolute Gasteiger partial charge is 0.174 e. The first-order valence-corrected chi connectivity index (χ1v) is 5.01. The zero-order valence-corrected chi connectivity index (χ0v) is 10.1. The number of hydrogen-bond acceptors (Lipinski definition) is 3. The Kier molecular flexibility index (Phi) is 6.97. The summed E-state index contributed by atoms with van der Waals surface area (Å²) in [7, 11) is 0. The number of nitrogens with two attached hydrogens (primary N) is 1. The maximum Gasteiger partial charge on any atom is 0.174 e. The number of carbonyl (C=O) groups excluding carboxylic acids is 2. The number of ketones is 1. The molecule has 0 saturated carbocycles. The summed E-state index contributed by atoms with van der Waals surface area (Å²) >= 11 is 5.48. The minimum absolute atomic E-state index is 0. The standard InChI is InChI=1S/C11H12ClNO2.ClH/c12-9(7-14)11(15)10(13)6-8-4-2-1-3-5-8;/h1-5,7,9-10H,6,13H2;1H. The van der Waals surface area contributed by atoms with Crippen molar-refractivity contribution in [3.63, 3.8) is 0 Å². The van der Waals surface area contributed by atoms with Gasteiger partial charge in [-0.25, -0.2) is 0 Å². The predicted molar refractivity (Wildman–Crippen MR) is 66.1 cm³/mol. The Labute approximate surface area is 105 Å². The lowest BCUT2D eigenvalue weighted by Gasteiger charge is -2.10. The topological polar surface area (TPSA) is 60.2 Å². The van der Waals surface area contributed by atoms with E-state index in [0.717, 1.165) is 5.56 Å². The first-order valence-electron chi connectivity index (χ1n) is 4.57. The number of hydrogen-bond donors (Lipinski definition) is 1. The van der Waals surface area contributed by atoms with Crippen molar-refractivity contribution in [2.24, 2.45) is 5.73 Å². The number of alkyl halides is 1. The van der Waals surface area contributed by atoms with Crippen LogP contribution in [0.2, 0.25) is 0 Å². The summed E-state index contributed by atoms with van der Waals surface area (Å²) in [6.07, 6.45) is 0.797. The molecule has 2 N–H and O–H groups in total. The summed E-state index contributed by atoms with van der Waals surface area (Å²) in [6.45, 7) is 0. The second-order valence-electron chi connectivity index (χ2n) is 3.24. The van der Waals surface area contributed by atoms with Crippen LogP contribution in [-0.2, 0) is 16.0 Å². The molecule has 0 saturated heterocycles. The van der Waals surface area contributed by atoms with E-state index >= 15 is 0 Å². The fraction of sp³-hybridized carbons (Fsp3) is 0.273. The van der Waals surface area contributed by atoms with Gasteiger partial charge in [-0.15, -0.1) is 24.0 Å². The Morgan fingerprint density at radius 2 is 1.94 bits per heavy atom. The number of aldehydes is 1. The van der Waals surface area contributed by atoms with Gasteiger partial charge in [-0.05, 0) is 12.0 Å². The second kappa shape index (κ2) is 7.39. The highest BCUT2D eigenvalue weighted by atomic mass is 35.5. The largest absolute Gasteiger partial charge is 0.321 e. The molecule has 0 aliphatic heterocycles. The molecule has 5 heteroatoms. The van der Waals surface area contributed by atoms with Gasteiger partial charge in [0.1, 0.15) is 11.7 Å². The average Bonchev–Trinajstić information content (AvgIpc) is 2.28. The van der Waals surface area contributed by atoms with E-state index in [9.17, 15) is 9.59 Å². The zero-order chi connectivity index (χ0) is 11.3. The van der Waals surface area contributed by atoms with Crippen molar-refractivity contribution in [1.82, 2.24) is 0 Å². The molecule has 3 nitrogen and oxygen atoms in total. The normalized spacial score (nSPS) is 13.4. The lowest BCUT2D eigenvalue weighted by Crippen LogP contribution is -2.38. The van der Waals surface area contributed by atoms with Crippen LogP contribution in [0.3, 0.4) is 0 Å². The SMILES string of the molecule is Cl.NC(Cc1ccccc1)C(=O)C(Cl)C=O. The van der Waals surface area contributed by atoms with Gasteiger partial charge in [0.2, 0.25) is 0 Å². The maximum absolute atomic E-state index is 11.4. The van der Waals surface area contributed by atoms with E-state index in [1.54, 1.807) is 0 Å². The van der Waals surface area contributed by atoms with Gasteiger partial charge in [-0.3, -0.25) is 4.79 Å². The summed E-state index contributed by atoms with van der Waals surface area (Å²) in [5.74, 6) is -0.435. The van der Waals surface area contributed by atoms with Gasteiger partial charge in [0, 0.05) is 0 Å². The predicted octanol–water partition coefficient (Wildman–Crippen LogP) is 1.35. The number of benzene rings is 1. The molecule has 0 fully saturated rings. The quantitative estimate of drug-likeness (QED) is 0.495. The molecule has 0 spiro atoms. The number of Topliss-reactive ketones (excluding diaryl/α,β-unsaturated/α-hetero) is 1. The fourth-order valence-corrected chi connectivity index (χ4v) is 1.40. The number of carbonyl (C=O) groups is 2. The molecule has 2 atom stereocenters. The molecule has 0 radical (unpaired) electrons. The molecule has 88 valence electrons. The maximum atomic E-state index is 11.4. The van der Waals surface area contributed by atoms with Crippen molar-refractivity contribution < 1.29 is 9.59 Å². The summed E-state index contributed by atoms with van der Waals surface area (Å²) in [5, 5.41) is -1.14. The monoisotopic (exact) mass is 261 g/mol. The molecule has 0 aliphatic carbocycles. The van der Waals surface area contributed by atoms with Gasteiger partial charge in [0.05, 0.1) is 6.04 Å². The third kappa shape index (κ3) is 4.31. The minimum Gasteiger partial charge on any atom is -0.321 e. The van der Waals surface area contributed by atoms with Crippen LogP contribution in [0.5, 0.6) is 0 Å². The van der Waals surface area contributed by atoms with E-state index in [4.69, 9.17) is 17.3 Å². The zero-order valence-electron chi connectivity index (χ0n) is 8.51. The summed E-state index contributed by atoms with van der Waals surface area (Å²) in [5.41, 5.74) is 6.58. The first kappa shape index (κ1) is 15.1. The molecule has 1 aromatic carbocycles. The van der Waals surface area contributed by atoms with Gasteiger partial charge < -0.3 is 10.5 Å². The van der Waals surface area contributed by atoms with Crippen LogP contribution >= 0.6 is 24.0 Å². The Morgan fingerprint density at radius 1 is 1.38 bits per heavy atom. The number of rotatable bonds is 5. The third-order valence-electron chi connectivity index (χ3n) is 2.06.